The predicted octanol–water partition coefficient (Wildman–Crippen LogP) is 2.90. The number of nitrogens with one attached hydrogen (secondary N) is 1. The van der Waals surface area contributed by atoms with Gasteiger partial charge in [0.1, 0.15) is 11.5 Å². The number of ether oxygens (including phenoxy) is 1. The lowest BCUT2D eigenvalue weighted by Crippen LogP contribution is -2.16. The molecule has 0 aliphatic heterocycles. The van der Waals surface area contributed by atoms with Crippen molar-refractivity contribution in [3.63, 3.8) is 0 Å². The fraction of sp³-hybridized carbons (Fsp3) is 0.158. The number of benzene rings is 1. The Morgan fingerprint density at radius 2 is 2.00 bits per heavy atom. The Kier molecular flexibility index (Phi) is 5.43. The highest BCUT2D eigenvalue weighted by molar-refractivity contribution is 5.92. The molecule has 0 aliphatic carbocycles. The highest BCUT2D eigenvalue weighted by Gasteiger charge is 2.03. The molecule has 25 heavy (non-hydrogen) atoms. The first kappa shape index (κ1) is 16.7. The molecule has 0 saturated heterocycles. The van der Waals surface area contributed by atoms with Crippen molar-refractivity contribution in [2.24, 2.45) is 5.73 Å². The largest absolute Gasteiger partial charge is 0.468 e. The number of amides is 1. The fourth-order valence-electron chi connectivity index (χ4n) is 2.29. The van der Waals surface area contributed by atoms with E-state index in [1.807, 2.05) is 36.4 Å². The molecular weight excluding hydrogens is 318 g/mol. The molecule has 0 aliphatic rings. The predicted molar refractivity (Wildman–Crippen MR) is 93.4 cm³/mol. The number of primary amides is 1. The normalized spacial score (nSPS) is 10.6. The van der Waals surface area contributed by atoms with Crippen LogP contribution in [0, 0.1) is 0 Å². The summed E-state index contributed by atoms with van der Waals surface area (Å²) < 4.78 is 10.9. The monoisotopic (exact) mass is 337 g/mol. The summed E-state index contributed by atoms with van der Waals surface area (Å²) in [5, 5.41) is 3.33. The first-order valence-corrected chi connectivity index (χ1v) is 7.96. The van der Waals surface area contributed by atoms with Crippen LogP contribution in [0.4, 0.5) is 0 Å². The maximum Gasteiger partial charge on any atom is 0.250 e. The topological polar surface area (TPSA) is 90.4 Å². The van der Waals surface area contributed by atoms with Crippen LogP contribution in [-0.4, -0.2) is 17.4 Å². The van der Waals surface area contributed by atoms with Gasteiger partial charge in [0.05, 0.1) is 18.4 Å². The molecule has 2 heterocycles. The van der Waals surface area contributed by atoms with Crippen molar-refractivity contribution in [1.29, 1.82) is 0 Å². The highest BCUT2D eigenvalue weighted by atomic mass is 16.5. The minimum atomic E-state index is -0.510. The molecule has 0 radical (unpaired) electrons. The van der Waals surface area contributed by atoms with Gasteiger partial charge in [-0.3, -0.25) is 4.79 Å². The number of nitrogens with two attached hydrogens (primary N) is 1. The summed E-state index contributed by atoms with van der Waals surface area (Å²) in [6, 6.07) is 14.9. The van der Waals surface area contributed by atoms with E-state index < -0.39 is 5.91 Å². The van der Waals surface area contributed by atoms with Gasteiger partial charge >= 0.3 is 0 Å². The molecule has 128 valence electrons. The summed E-state index contributed by atoms with van der Waals surface area (Å²) in [6.45, 7) is 1.58. The van der Waals surface area contributed by atoms with E-state index >= 15 is 0 Å². The number of hydrogen-bond acceptors (Lipinski definition) is 5. The molecule has 3 rings (SSSR count). The highest BCUT2D eigenvalue weighted by Crippen LogP contribution is 2.20. The van der Waals surface area contributed by atoms with Gasteiger partial charge in [-0.1, -0.05) is 12.1 Å². The van der Waals surface area contributed by atoms with E-state index in [0.717, 1.165) is 25.3 Å². The van der Waals surface area contributed by atoms with Gasteiger partial charge in [0.15, 0.2) is 0 Å². The first-order valence-electron chi connectivity index (χ1n) is 7.96. The van der Waals surface area contributed by atoms with Crippen molar-refractivity contribution in [3.05, 3.63) is 77.9 Å². The summed E-state index contributed by atoms with van der Waals surface area (Å²) in [5.74, 6) is 1.52. The van der Waals surface area contributed by atoms with Gasteiger partial charge in [0, 0.05) is 12.3 Å². The Balaban J connectivity index is 1.47. The molecule has 0 unspecified atom stereocenters. The van der Waals surface area contributed by atoms with E-state index in [1.165, 1.54) is 11.8 Å². The SMILES string of the molecule is NC(=O)c1ccc(Oc2ccc(CCNCc3ccco3)cc2)nc1. The smallest absolute Gasteiger partial charge is 0.250 e. The van der Waals surface area contributed by atoms with E-state index in [9.17, 15) is 4.79 Å². The van der Waals surface area contributed by atoms with Crippen LogP contribution in [0.25, 0.3) is 0 Å². The van der Waals surface area contributed by atoms with Crippen LogP contribution in [0.1, 0.15) is 21.7 Å². The Morgan fingerprint density at radius 3 is 2.64 bits per heavy atom. The third kappa shape index (κ3) is 4.92. The molecular formula is C19H19N3O3. The first-order chi connectivity index (χ1) is 12.2. The van der Waals surface area contributed by atoms with Crippen LogP contribution < -0.4 is 15.8 Å². The van der Waals surface area contributed by atoms with Crippen LogP contribution in [0.5, 0.6) is 11.6 Å². The van der Waals surface area contributed by atoms with Gasteiger partial charge in [0.25, 0.3) is 0 Å². The van der Waals surface area contributed by atoms with Gasteiger partial charge in [-0.25, -0.2) is 4.98 Å². The van der Waals surface area contributed by atoms with E-state index in [2.05, 4.69) is 10.3 Å². The zero-order valence-electron chi connectivity index (χ0n) is 13.6. The molecule has 0 bridgehead atoms. The lowest BCUT2D eigenvalue weighted by molar-refractivity contribution is 0.1000. The van der Waals surface area contributed by atoms with E-state index in [-0.39, 0.29) is 0 Å². The average molecular weight is 337 g/mol. The van der Waals surface area contributed by atoms with E-state index in [1.54, 1.807) is 18.4 Å². The number of nitrogens with zero attached hydrogens (tertiary/aromatic N) is 1. The van der Waals surface area contributed by atoms with Crippen LogP contribution in [0.15, 0.2) is 65.4 Å². The zero-order chi connectivity index (χ0) is 17.5. The van der Waals surface area contributed by atoms with Crippen molar-refractivity contribution in [1.82, 2.24) is 10.3 Å². The lowest BCUT2D eigenvalue weighted by atomic mass is 10.1. The molecule has 0 saturated carbocycles. The number of carbonyl (C=O) groups excluding carboxylic acids is 1. The van der Waals surface area contributed by atoms with Crippen molar-refractivity contribution >= 4 is 5.91 Å². The van der Waals surface area contributed by atoms with Crippen LogP contribution in [-0.2, 0) is 13.0 Å². The second-order valence-corrected chi connectivity index (χ2v) is 5.50. The van der Waals surface area contributed by atoms with Gasteiger partial charge in [-0.15, -0.1) is 0 Å². The van der Waals surface area contributed by atoms with E-state index in [0.29, 0.717) is 17.2 Å². The van der Waals surface area contributed by atoms with Crippen LogP contribution >= 0.6 is 0 Å². The number of furan rings is 1. The minimum absolute atomic E-state index is 0.352. The summed E-state index contributed by atoms with van der Waals surface area (Å²) in [5.41, 5.74) is 6.74. The molecule has 0 fully saturated rings. The van der Waals surface area contributed by atoms with Crippen LogP contribution in [0.3, 0.4) is 0 Å². The number of aromatic nitrogens is 1. The quantitative estimate of drug-likeness (QED) is 0.617. The van der Waals surface area contributed by atoms with Gasteiger partial charge in [0.2, 0.25) is 11.8 Å². The number of pyridine rings is 1. The van der Waals surface area contributed by atoms with Crippen molar-refractivity contribution < 1.29 is 13.9 Å². The molecule has 6 heteroatoms. The van der Waals surface area contributed by atoms with Gasteiger partial charge in [-0.2, -0.15) is 0 Å². The standard InChI is InChI=1S/C19H19N3O3/c20-19(23)15-5-8-18(22-12-15)25-16-6-3-14(4-7-16)9-10-21-13-17-2-1-11-24-17/h1-8,11-12,21H,9-10,13H2,(H2,20,23). The van der Waals surface area contributed by atoms with Crippen LogP contribution in [0.2, 0.25) is 0 Å². The molecule has 6 nitrogen and oxygen atoms in total. The minimum Gasteiger partial charge on any atom is -0.468 e. The fourth-order valence-corrected chi connectivity index (χ4v) is 2.29. The average Bonchev–Trinajstić information content (AvgIpc) is 3.14. The molecule has 0 atom stereocenters. The second kappa shape index (κ2) is 8.12. The lowest BCUT2D eigenvalue weighted by Gasteiger charge is -2.07. The second-order valence-electron chi connectivity index (χ2n) is 5.50. The number of rotatable bonds is 8. The number of hydrogen-bond donors (Lipinski definition) is 2. The van der Waals surface area contributed by atoms with Gasteiger partial charge in [-0.05, 0) is 48.9 Å². The summed E-state index contributed by atoms with van der Waals surface area (Å²) in [7, 11) is 0. The molecule has 2 aromatic heterocycles. The summed E-state index contributed by atoms with van der Waals surface area (Å²) in [6.07, 6.45) is 3.98. The summed E-state index contributed by atoms with van der Waals surface area (Å²) >= 11 is 0. The Morgan fingerprint density at radius 1 is 1.16 bits per heavy atom. The maximum atomic E-state index is 11.0. The zero-order valence-corrected chi connectivity index (χ0v) is 13.6. The summed E-state index contributed by atoms with van der Waals surface area (Å²) in [4.78, 5) is 15.1. The molecule has 3 aromatic rings. The molecule has 1 amide bonds. The van der Waals surface area contributed by atoms with Crippen molar-refractivity contribution in [3.8, 4) is 11.6 Å². The third-order valence-electron chi connectivity index (χ3n) is 3.64. The molecule has 0 spiro atoms. The maximum absolute atomic E-state index is 11.0. The Bertz CT molecular complexity index is 797. The third-order valence-corrected chi connectivity index (χ3v) is 3.64. The number of carbonyl (C=O) groups is 1. The molecule has 1 aromatic carbocycles. The van der Waals surface area contributed by atoms with E-state index in [4.69, 9.17) is 14.9 Å². The van der Waals surface area contributed by atoms with Gasteiger partial charge < -0.3 is 20.2 Å². The Hall–Kier alpha value is -3.12. The van der Waals surface area contributed by atoms with Crippen molar-refractivity contribution in [2.45, 2.75) is 13.0 Å². The molecule has 3 N–H and O–H groups in total. The Labute approximate surface area is 145 Å². The van der Waals surface area contributed by atoms with Crippen molar-refractivity contribution in [2.75, 3.05) is 6.54 Å².